The summed E-state index contributed by atoms with van der Waals surface area (Å²) in [7, 11) is 0. The van der Waals surface area contributed by atoms with Gasteiger partial charge >= 0.3 is 0 Å². The standard InChI is InChI=1S/C79H58N2/c1-77(2)67-23-11-8-20-61(67)64-45-36-54(48-72(64)77)51-30-39-58(40-31-51)80(59-41-32-52(33-42-59)55-37-46-65-62-21-9-12-24-68(62)78(3,4)73(65)49-55)60-43-34-53(35-44-60)56-38-47-66-63-22-10-13-25-69(63)79(74(66)50-56)70-26-14-16-28-75(70)81(57-18-6-5-7-19-57)76-29-17-15-27-71(76)79/h5-50H,1-4H3. The van der Waals surface area contributed by atoms with Crippen LogP contribution in [0.25, 0.3) is 66.8 Å². The van der Waals surface area contributed by atoms with Gasteiger partial charge in [-0.25, -0.2) is 0 Å². The molecule has 0 N–H and O–H groups in total. The Hall–Kier alpha value is -9.76. The third-order valence-electron chi connectivity index (χ3n) is 18.7. The van der Waals surface area contributed by atoms with Crippen molar-refractivity contribution in [3.8, 4) is 66.8 Å². The summed E-state index contributed by atoms with van der Waals surface area (Å²) in [5.74, 6) is 0. The maximum absolute atomic E-state index is 2.49. The zero-order valence-electron chi connectivity index (χ0n) is 46.0. The van der Waals surface area contributed by atoms with Gasteiger partial charge in [0.1, 0.15) is 0 Å². The molecular formula is C79H58N2. The normalized spacial score (nSPS) is 14.7. The Kier molecular flexibility index (Phi) is 10.3. The fourth-order valence-electron chi connectivity index (χ4n) is 14.8. The quantitative estimate of drug-likeness (QED) is 0.157. The minimum Gasteiger partial charge on any atom is -0.311 e. The number of nitrogens with zero attached hydrogens (tertiary/aromatic N) is 2. The molecule has 12 aromatic carbocycles. The van der Waals surface area contributed by atoms with Crippen LogP contribution in [-0.4, -0.2) is 0 Å². The highest BCUT2D eigenvalue weighted by Crippen LogP contribution is 2.64. The van der Waals surface area contributed by atoms with Crippen molar-refractivity contribution < 1.29 is 0 Å². The Morgan fingerprint density at radius 2 is 0.556 bits per heavy atom. The Balaban J connectivity index is 0.791. The molecule has 81 heavy (non-hydrogen) atoms. The Bertz CT molecular complexity index is 4310. The minimum absolute atomic E-state index is 0.0680. The first-order valence-electron chi connectivity index (χ1n) is 28.6. The molecule has 0 amide bonds. The molecule has 16 rings (SSSR count). The van der Waals surface area contributed by atoms with Crippen LogP contribution in [0.5, 0.6) is 0 Å². The van der Waals surface area contributed by atoms with Crippen LogP contribution in [0.1, 0.15) is 72.2 Å². The van der Waals surface area contributed by atoms with Crippen LogP contribution in [-0.2, 0) is 16.2 Å². The third-order valence-corrected chi connectivity index (χ3v) is 18.7. The molecule has 4 aliphatic rings. The molecule has 12 aromatic rings. The molecule has 2 nitrogen and oxygen atoms in total. The highest BCUT2D eigenvalue weighted by Gasteiger charge is 2.52. The molecule has 0 aromatic heterocycles. The molecule has 2 heteroatoms. The van der Waals surface area contributed by atoms with E-state index in [0.29, 0.717) is 0 Å². The van der Waals surface area contributed by atoms with E-state index < -0.39 is 5.41 Å². The van der Waals surface area contributed by atoms with Gasteiger partial charge < -0.3 is 9.80 Å². The van der Waals surface area contributed by atoms with E-state index in [4.69, 9.17) is 0 Å². The van der Waals surface area contributed by atoms with Crippen molar-refractivity contribution in [3.63, 3.8) is 0 Å². The van der Waals surface area contributed by atoms with Crippen molar-refractivity contribution in [1.29, 1.82) is 0 Å². The molecule has 0 unspecified atom stereocenters. The van der Waals surface area contributed by atoms with Crippen molar-refractivity contribution in [1.82, 2.24) is 0 Å². The van der Waals surface area contributed by atoms with E-state index >= 15 is 0 Å². The molecule has 1 heterocycles. The molecule has 3 aliphatic carbocycles. The van der Waals surface area contributed by atoms with Crippen LogP contribution >= 0.6 is 0 Å². The summed E-state index contributed by atoms with van der Waals surface area (Å²) >= 11 is 0. The first kappa shape index (κ1) is 47.3. The van der Waals surface area contributed by atoms with Crippen LogP contribution in [0.15, 0.2) is 279 Å². The summed E-state index contributed by atoms with van der Waals surface area (Å²) in [5.41, 5.74) is 32.1. The SMILES string of the molecule is CC1(C)c2ccccc2-c2ccc(-c3ccc(N(c4ccc(-c5ccc6c(c5)C(C)(C)c5ccccc5-6)cc4)c4ccc(-c5ccc6c(c5)C5(c7ccccc7-6)c6ccccc6N(c6ccccc6)c6ccccc65)cc4)cc3)cc21. The van der Waals surface area contributed by atoms with E-state index in [0.717, 1.165) is 22.7 Å². The highest BCUT2D eigenvalue weighted by atomic mass is 15.2. The average molecular weight is 1040 g/mol. The molecule has 0 radical (unpaired) electrons. The van der Waals surface area contributed by atoms with Crippen molar-refractivity contribution >= 4 is 34.1 Å². The maximum Gasteiger partial charge on any atom is 0.0754 e. The summed E-state index contributed by atoms with van der Waals surface area (Å²) in [4.78, 5) is 4.86. The number of hydrogen-bond donors (Lipinski definition) is 0. The zero-order valence-corrected chi connectivity index (χ0v) is 46.0. The van der Waals surface area contributed by atoms with E-state index in [1.54, 1.807) is 0 Å². The van der Waals surface area contributed by atoms with Gasteiger partial charge in [0.05, 0.1) is 16.8 Å². The molecule has 0 atom stereocenters. The number of para-hydroxylation sites is 3. The van der Waals surface area contributed by atoms with Gasteiger partial charge in [-0.2, -0.15) is 0 Å². The second-order valence-corrected chi connectivity index (χ2v) is 23.6. The van der Waals surface area contributed by atoms with E-state index in [1.165, 1.54) is 123 Å². The van der Waals surface area contributed by atoms with Crippen LogP contribution in [0.2, 0.25) is 0 Å². The van der Waals surface area contributed by atoms with E-state index in [2.05, 4.69) is 317 Å². The second kappa shape index (κ2) is 17.6. The van der Waals surface area contributed by atoms with Gasteiger partial charge in [0.2, 0.25) is 0 Å². The van der Waals surface area contributed by atoms with Crippen molar-refractivity contribution in [2.45, 2.75) is 43.9 Å². The molecule has 1 spiro atoms. The highest BCUT2D eigenvalue weighted by molar-refractivity contribution is 5.97. The van der Waals surface area contributed by atoms with Crippen LogP contribution in [0.3, 0.4) is 0 Å². The Morgan fingerprint density at radius 3 is 0.988 bits per heavy atom. The number of rotatable bonds is 7. The summed E-state index contributed by atoms with van der Waals surface area (Å²) in [6.45, 7) is 9.43. The van der Waals surface area contributed by atoms with Crippen LogP contribution in [0.4, 0.5) is 34.1 Å². The molecule has 1 aliphatic heterocycles. The molecular weight excluding hydrogens is 977 g/mol. The second-order valence-electron chi connectivity index (χ2n) is 23.6. The minimum atomic E-state index is -0.530. The smallest absolute Gasteiger partial charge is 0.0754 e. The van der Waals surface area contributed by atoms with Gasteiger partial charge in [-0.15, -0.1) is 0 Å². The predicted octanol–water partition coefficient (Wildman–Crippen LogP) is 20.9. The molecule has 0 bridgehead atoms. The van der Waals surface area contributed by atoms with Gasteiger partial charge in [-0.1, -0.05) is 228 Å². The fourth-order valence-corrected chi connectivity index (χ4v) is 14.8. The lowest BCUT2D eigenvalue weighted by Gasteiger charge is -2.45. The first-order valence-corrected chi connectivity index (χ1v) is 28.6. The molecule has 0 saturated carbocycles. The van der Waals surface area contributed by atoms with Crippen LogP contribution < -0.4 is 9.80 Å². The number of anilines is 6. The lowest BCUT2D eigenvalue weighted by atomic mass is 9.64. The monoisotopic (exact) mass is 1030 g/mol. The molecule has 0 fully saturated rings. The third kappa shape index (κ3) is 6.87. The number of hydrogen-bond acceptors (Lipinski definition) is 2. The summed E-state index contributed by atoms with van der Waals surface area (Å²) in [6, 6.07) is 105. The largest absolute Gasteiger partial charge is 0.311 e. The lowest BCUT2D eigenvalue weighted by Crippen LogP contribution is -2.36. The van der Waals surface area contributed by atoms with Crippen molar-refractivity contribution in [2.75, 3.05) is 9.80 Å². The maximum atomic E-state index is 2.49. The summed E-state index contributed by atoms with van der Waals surface area (Å²) in [6.07, 6.45) is 0. The summed E-state index contributed by atoms with van der Waals surface area (Å²) in [5, 5.41) is 0. The van der Waals surface area contributed by atoms with E-state index in [1.807, 2.05) is 0 Å². The molecule has 0 saturated heterocycles. The van der Waals surface area contributed by atoms with Gasteiger partial charge in [0.15, 0.2) is 0 Å². The molecule has 384 valence electrons. The van der Waals surface area contributed by atoms with E-state index in [9.17, 15) is 0 Å². The van der Waals surface area contributed by atoms with Gasteiger partial charge in [-0.05, 0) is 190 Å². The predicted molar refractivity (Wildman–Crippen MR) is 338 cm³/mol. The average Bonchev–Trinajstić information content (AvgIpc) is 2.12. The van der Waals surface area contributed by atoms with Gasteiger partial charge in [0, 0.05) is 33.6 Å². The zero-order chi connectivity index (χ0) is 54.2. The van der Waals surface area contributed by atoms with Crippen molar-refractivity contribution in [2.24, 2.45) is 0 Å². The first-order chi connectivity index (χ1) is 39.7. The van der Waals surface area contributed by atoms with Gasteiger partial charge in [-0.3, -0.25) is 0 Å². The number of fused-ring (bicyclic) bond motifs is 15. The topological polar surface area (TPSA) is 6.48 Å². The number of benzene rings is 12. The Labute approximate surface area is 475 Å². The van der Waals surface area contributed by atoms with Crippen molar-refractivity contribution in [3.05, 3.63) is 324 Å². The summed E-state index contributed by atoms with van der Waals surface area (Å²) < 4.78 is 0. The lowest BCUT2D eigenvalue weighted by molar-refractivity contribution is 0.660. The van der Waals surface area contributed by atoms with Gasteiger partial charge in [0.25, 0.3) is 0 Å². The van der Waals surface area contributed by atoms with Crippen LogP contribution in [0, 0.1) is 0 Å². The fraction of sp³-hybridized carbons (Fsp3) is 0.0886. The van der Waals surface area contributed by atoms with E-state index in [-0.39, 0.29) is 10.8 Å². The Morgan fingerprint density at radius 1 is 0.247 bits per heavy atom.